The van der Waals surface area contributed by atoms with Gasteiger partial charge in [0.15, 0.2) is 0 Å². The Bertz CT molecular complexity index is 1690. The number of rotatable bonds is 11. The van der Waals surface area contributed by atoms with Crippen molar-refractivity contribution in [1.29, 1.82) is 0 Å². The fraction of sp³-hybridized carbons (Fsp3) is 0.538. The van der Waals surface area contributed by atoms with E-state index in [1.165, 1.54) is 40.9 Å². The van der Waals surface area contributed by atoms with Crippen molar-refractivity contribution in [2.75, 3.05) is 38.8 Å². The van der Waals surface area contributed by atoms with E-state index >= 15 is 0 Å². The van der Waals surface area contributed by atoms with Crippen LogP contribution in [0.3, 0.4) is 0 Å². The highest BCUT2D eigenvalue weighted by Gasteiger charge is 2.41. The molecule has 2 unspecified atom stereocenters. The quantitative estimate of drug-likeness (QED) is 0.120. The van der Waals surface area contributed by atoms with Gasteiger partial charge in [0.1, 0.15) is 18.3 Å². The number of imidazole rings is 1. The number of para-hydroxylation sites is 1. The van der Waals surface area contributed by atoms with Crippen LogP contribution in [0.1, 0.15) is 66.8 Å². The second-order valence-electron chi connectivity index (χ2n) is 15.6. The number of anilines is 1. The summed E-state index contributed by atoms with van der Waals surface area (Å²) in [6.45, 7) is 13.8. The zero-order valence-corrected chi connectivity index (χ0v) is 30.9. The highest BCUT2D eigenvalue weighted by atomic mass is 28.3. The summed E-state index contributed by atoms with van der Waals surface area (Å²) in [4.78, 5) is 18.5. The normalized spacial score (nSPS) is 23.7. The van der Waals surface area contributed by atoms with Crippen molar-refractivity contribution >= 4 is 24.8 Å². The lowest BCUT2D eigenvalue weighted by Gasteiger charge is -2.42. The molecule has 2 aromatic heterocycles. The molecular formula is C39H54N6O2Si. The largest absolute Gasteiger partial charge is 0.497 e. The summed E-state index contributed by atoms with van der Waals surface area (Å²) in [6, 6.07) is 22.2. The standard InChI is InChI=1S/C39H54N6O2Si/c1-28-10-9-21-40-37(28)34-12-8-14-36(43(34)24-29-15-19-32(46-3)20-16-29)39-41-33-11-7-13-35(45-30-17-18-31(45)26-42(2)25-30)38(33)44(39)27-47-22-23-48(4,5)6/h7,9-11,13,15-16,19-21,30-31,34,36H,8,12,14,17-18,22-27H2,1-6H3/t30?,31?,34-,36+/m0/s1. The lowest BCUT2D eigenvalue weighted by atomic mass is 9.90. The maximum atomic E-state index is 6.62. The first-order valence-electron chi connectivity index (χ1n) is 18.0. The zero-order chi connectivity index (χ0) is 33.4. The fourth-order valence-electron chi connectivity index (χ4n) is 8.45. The average Bonchev–Trinajstić information content (AvgIpc) is 3.57. The average molecular weight is 667 g/mol. The lowest BCUT2D eigenvalue weighted by molar-refractivity contribution is 0.0498. The molecule has 3 fully saturated rings. The summed E-state index contributed by atoms with van der Waals surface area (Å²) < 4.78 is 14.6. The molecule has 0 spiro atoms. The van der Waals surface area contributed by atoms with Gasteiger partial charge in [0.2, 0.25) is 0 Å². The van der Waals surface area contributed by atoms with Gasteiger partial charge in [0.25, 0.3) is 0 Å². The van der Waals surface area contributed by atoms with Gasteiger partial charge in [-0.2, -0.15) is 0 Å². The first-order chi connectivity index (χ1) is 23.2. The molecule has 0 N–H and O–H groups in total. The van der Waals surface area contributed by atoms with Crippen molar-refractivity contribution in [3.05, 3.63) is 83.4 Å². The van der Waals surface area contributed by atoms with Crippen LogP contribution < -0.4 is 9.64 Å². The molecule has 3 aliphatic rings. The number of aromatic nitrogens is 3. The van der Waals surface area contributed by atoms with Crippen molar-refractivity contribution in [2.45, 2.75) is 102 Å². The molecule has 7 rings (SSSR count). The van der Waals surface area contributed by atoms with Crippen molar-refractivity contribution in [3.63, 3.8) is 0 Å². The van der Waals surface area contributed by atoms with E-state index < -0.39 is 8.07 Å². The van der Waals surface area contributed by atoms with Crippen LogP contribution in [0.5, 0.6) is 5.75 Å². The zero-order valence-electron chi connectivity index (χ0n) is 29.9. The number of nitrogens with zero attached hydrogens (tertiary/aromatic N) is 6. The molecule has 0 radical (unpaired) electrons. The number of aryl methyl sites for hydroxylation is 1. The van der Waals surface area contributed by atoms with Gasteiger partial charge in [-0.15, -0.1) is 0 Å². The van der Waals surface area contributed by atoms with Crippen LogP contribution in [0.15, 0.2) is 60.8 Å². The second kappa shape index (κ2) is 13.9. The van der Waals surface area contributed by atoms with E-state index in [0.29, 0.717) is 18.8 Å². The first kappa shape index (κ1) is 33.3. The summed E-state index contributed by atoms with van der Waals surface area (Å²) in [5, 5.41) is 0. The van der Waals surface area contributed by atoms with Gasteiger partial charge in [0.05, 0.1) is 41.6 Å². The molecule has 48 heavy (non-hydrogen) atoms. The third kappa shape index (κ3) is 6.79. The second-order valence-corrected chi connectivity index (χ2v) is 21.2. The lowest BCUT2D eigenvalue weighted by Crippen LogP contribution is -2.52. The number of methoxy groups -OCH3 is 1. The van der Waals surface area contributed by atoms with E-state index in [2.05, 4.69) is 107 Å². The van der Waals surface area contributed by atoms with E-state index in [9.17, 15) is 0 Å². The van der Waals surface area contributed by atoms with Crippen LogP contribution in [0, 0.1) is 6.92 Å². The fourth-order valence-corrected chi connectivity index (χ4v) is 9.21. The number of likely N-dealkylation sites (tertiary alicyclic amines) is 2. The Morgan fingerprint density at radius 3 is 2.35 bits per heavy atom. The molecule has 4 atom stereocenters. The molecule has 0 amide bonds. The van der Waals surface area contributed by atoms with E-state index in [0.717, 1.165) is 68.6 Å². The Morgan fingerprint density at radius 2 is 1.65 bits per heavy atom. The van der Waals surface area contributed by atoms with Crippen molar-refractivity contribution in [1.82, 2.24) is 24.3 Å². The van der Waals surface area contributed by atoms with Gasteiger partial charge in [-0.1, -0.05) is 43.9 Å². The molecule has 5 heterocycles. The number of fused-ring (bicyclic) bond motifs is 3. The van der Waals surface area contributed by atoms with Gasteiger partial charge in [0, 0.05) is 52.6 Å². The van der Waals surface area contributed by atoms with Crippen LogP contribution in [-0.2, 0) is 18.0 Å². The number of pyridine rings is 1. The van der Waals surface area contributed by atoms with E-state index in [-0.39, 0.29) is 12.1 Å². The Kier molecular flexibility index (Phi) is 9.66. The predicted octanol–water partition coefficient (Wildman–Crippen LogP) is 7.81. The van der Waals surface area contributed by atoms with E-state index in [1.807, 2.05) is 6.20 Å². The van der Waals surface area contributed by atoms with Gasteiger partial charge in [-0.3, -0.25) is 9.88 Å². The minimum Gasteiger partial charge on any atom is -0.497 e. The Morgan fingerprint density at radius 1 is 0.896 bits per heavy atom. The van der Waals surface area contributed by atoms with Crippen LogP contribution >= 0.6 is 0 Å². The monoisotopic (exact) mass is 666 g/mol. The van der Waals surface area contributed by atoms with Crippen molar-refractivity contribution in [3.8, 4) is 5.75 Å². The molecule has 4 aromatic rings. The number of piperidine rings is 1. The number of ether oxygens (including phenoxy) is 2. The molecule has 9 heteroatoms. The Hall–Kier alpha value is -3.24. The molecule has 256 valence electrons. The molecule has 0 aliphatic carbocycles. The Balaban J connectivity index is 1.33. The van der Waals surface area contributed by atoms with Crippen molar-refractivity contribution < 1.29 is 9.47 Å². The van der Waals surface area contributed by atoms with Crippen LogP contribution in [0.25, 0.3) is 11.0 Å². The third-order valence-electron chi connectivity index (χ3n) is 10.9. The van der Waals surface area contributed by atoms with Crippen LogP contribution in [-0.4, -0.2) is 78.3 Å². The number of hydrogen-bond acceptors (Lipinski definition) is 7. The number of hydrogen-bond donors (Lipinski definition) is 0. The SMILES string of the molecule is COc1ccc(CN2[C@@H](c3nc4cccc(N5C6CCC5CN(C)C6)c4n3COCC[Si](C)(C)C)CCC[C@H]2c2ncccc2C)cc1. The number of benzene rings is 2. The molecular weight excluding hydrogens is 613 g/mol. The smallest absolute Gasteiger partial charge is 0.129 e. The maximum absolute atomic E-state index is 6.62. The Labute approximate surface area is 288 Å². The van der Waals surface area contributed by atoms with Gasteiger partial charge in [-0.25, -0.2) is 4.98 Å². The molecule has 0 saturated carbocycles. The third-order valence-corrected chi connectivity index (χ3v) is 12.6. The number of piperazine rings is 1. The molecule has 2 aromatic carbocycles. The van der Waals surface area contributed by atoms with Crippen LogP contribution in [0.2, 0.25) is 25.7 Å². The van der Waals surface area contributed by atoms with Gasteiger partial charge < -0.3 is 23.8 Å². The topological polar surface area (TPSA) is 58.9 Å². The minimum absolute atomic E-state index is 0.123. The predicted molar refractivity (Wildman–Crippen MR) is 197 cm³/mol. The maximum Gasteiger partial charge on any atom is 0.129 e. The molecule has 3 saturated heterocycles. The summed E-state index contributed by atoms with van der Waals surface area (Å²) in [7, 11) is 2.77. The summed E-state index contributed by atoms with van der Waals surface area (Å²) in [5.41, 5.74) is 7.34. The summed E-state index contributed by atoms with van der Waals surface area (Å²) in [6.07, 6.45) is 7.71. The summed E-state index contributed by atoms with van der Waals surface area (Å²) in [5.74, 6) is 2.01. The number of likely N-dealkylation sites (N-methyl/N-ethyl adjacent to an activating group) is 1. The molecule has 2 bridgehead atoms. The van der Waals surface area contributed by atoms with Gasteiger partial charge in [-0.05, 0) is 93.6 Å². The first-order valence-corrected chi connectivity index (χ1v) is 21.7. The highest BCUT2D eigenvalue weighted by molar-refractivity contribution is 6.76. The van der Waals surface area contributed by atoms with E-state index in [1.54, 1.807) is 7.11 Å². The van der Waals surface area contributed by atoms with Crippen LogP contribution in [0.4, 0.5) is 5.69 Å². The van der Waals surface area contributed by atoms with Gasteiger partial charge >= 0.3 is 0 Å². The highest BCUT2D eigenvalue weighted by Crippen LogP contribution is 2.45. The summed E-state index contributed by atoms with van der Waals surface area (Å²) >= 11 is 0. The van der Waals surface area contributed by atoms with Crippen molar-refractivity contribution in [2.24, 2.45) is 0 Å². The minimum atomic E-state index is -1.23. The molecule has 8 nitrogen and oxygen atoms in total. The van der Waals surface area contributed by atoms with E-state index in [4.69, 9.17) is 19.4 Å². The molecule has 3 aliphatic heterocycles.